The molecule has 7 heteroatoms. The van der Waals surface area contributed by atoms with Crippen molar-refractivity contribution in [1.82, 2.24) is 4.31 Å². The first-order valence-electron chi connectivity index (χ1n) is 8.40. The maximum absolute atomic E-state index is 13.2. The van der Waals surface area contributed by atoms with E-state index in [1.165, 1.54) is 24.6 Å². The van der Waals surface area contributed by atoms with Crippen LogP contribution in [0.2, 0.25) is 0 Å². The summed E-state index contributed by atoms with van der Waals surface area (Å²) in [7, 11) is -0.701. The van der Waals surface area contributed by atoms with Crippen molar-refractivity contribution in [2.75, 3.05) is 33.9 Å². The van der Waals surface area contributed by atoms with Crippen molar-refractivity contribution >= 4 is 10.0 Å². The van der Waals surface area contributed by atoms with Gasteiger partial charge in [-0.2, -0.15) is 4.31 Å². The molecule has 6 nitrogen and oxygen atoms in total. The molecule has 0 amide bonds. The molecule has 0 bridgehead atoms. The third kappa shape index (κ3) is 4.55. The Morgan fingerprint density at radius 2 is 1.62 bits per heavy atom. The van der Waals surface area contributed by atoms with Crippen molar-refractivity contribution in [2.24, 2.45) is 5.73 Å². The van der Waals surface area contributed by atoms with Gasteiger partial charge >= 0.3 is 0 Å². The second-order valence-corrected chi connectivity index (χ2v) is 7.81. The number of benzene rings is 2. The largest absolute Gasteiger partial charge is 0.493 e. The average molecular weight is 378 g/mol. The van der Waals surface area contributed by atoms with E-state index >= 15 is 0 Å². The van der Waals surface area contributed by atoms with Gasteiger partial charge in [-0.1, -0.05) is 30.3 Å². The summed E-state index contributed by atoms with van der Waals surface area (Å²) in [4.78, 5) is 0.205. The summed E-state index contributed by atoms with van der Waals surface area (Å²) in [5.74, 6) is 0.881. The molecule has 0 aliphatic rings. The number of sulfonamides is 1. The lowest BCUT2D eigenvalue weighted by molar-refractivity contribution is 0.353. The summed E-state index contributed by atoms with van der Waals surface area (Å²) in [6.45, 7) is 2.60. The molecule has 0 saturated carbocycles. The van der Waals surface area contributed by atoms with E-state index < -0.39 is 10.0 Å². The van der Waals surface area contributed by atoms with Gasteiger partial charge in [0, 0.05) is 25.7 Å². The predicted octanol–water partition coefficient (Wildman–Crippen LogP) is 2.20. The molecule has 0 radical (unpaired) electrons. The molecule has 0 aliphatic carbocycles. The fourth-order valence-corrected chi connectivity index (χ4v) is 4.45. The van der Waals surface area contributed by atoms with Gasteiger partial charge < -0.3 is 15.2 Å². The van der Waals surface area contributed by atoms with Crippen LogP contribution in [0.4, 0.5) is 0 Å². The van der Waals surface area contributed by atoms with E-state index in [9.17, 15) is 8.42 Å². The zero-order valence-corrected chi connectivity index (χ0v) is 16.3. The van der Waals surface area contributed by atoms with Gasteiger partial charge in [0.2, 0.25) is 10.0 Å². The number of methoxy groups -OCH3 is 2. The number of nitrogens with zero attached hydrogens (tertiary/aromatic N) is 1. The van der Waals surface area contributed by atoms with E-state index in [4.69, 9.17) is 15.2 Å². The van der Waals surface area contributed by atoms with Crippen molar-refractivity contribution < 1.29 is 17.9 Å². The number of hydrogen-bond acceptors (Lipinski definition) is 5. The van der Waals surface area contributed by atoms with Crippen molar-refractivity contribution in [1.29, 1.82) is 0 Å². The lowest BCUT2D eigenvalue weighted by Gasteiger charge is -2.23. The zero-order chi connectivity index (χ0) is 19.2. The number of rotatable bonds is 9. The maximum Gasteiger partial charge on any atom is 0.243 e. The molecule has 2 aromatic rings. The highest BCUT2D eigenvalue weighted by molar-refractivity contribution is 7.89. The van der Waals surface area contributed by atoms with Gasteiger partial charge in [-0.3, -0.25) is 0 Å². The van der Waals surface area contributed by atoms with Gasteiger partial charge in [-0.05, 0) is 30.5 Å². The Morgan fingerprint density at radius 3 is 2.19 bits per heavy atom. The minimum atomic E-state index is -3.70. The van der Waals surface area contributed by atoms with Gasteiger partial charge in [0.1, 0.15) is 0 Å². The van der Waals surface area contributed by atoms with Crippen LogP contribution < -0.4 is 15.2 Å². The number of nitrogens with two attached hydrogens (primary N) is 1. The number of ether oxygens (including phenoxy) is 2. The molecular formula is C19H26N2O4S. The second kappa shape index (κ2) is 9.02. The van der Waals surface area contributed by atoms with Crippen LogP contribution in [0.25, 0.3) is 0 Å². The first-order valence-corrected chi connectivity index (χ1v) is 9.84. The van der Waals surface area contributed by atoms with Crippen LogP contribution in [0.5, 0.6) is 11.5 Å². The summed E-state index contributed by atoms with van der Waals surface area (Å²) in [5.41, 5.74) is 7.34. The first kappa shape index (κ1) is 20.2. The summed E-state index contributed by atoms with van der Waals surface area (Å²) in [5, 5.41) is 0. The molecule has 2 N–H and O–H groups in total. The van der Waals surface area contributed by atoms with E-state index in [1.807, 2.05) is 30.3 Å². The summed E-state index contributed by atoms with van der Waals surface area (Å²) < 4.78 is 38.3. The Bertz CT molecular complexity index is 823. The van der Waals surface area contributed by atoms with E-state index in [0.717, 1.165) is 5.56 Å². The van der Waals surface area contributed by atoms with Gasteiger partial charge in [0.15, 0.2) is 11.5 Å². The molecule has 0 aliphatic heterocycles. The van der Waals surface area contributed by atoms with Gasteiger partial charge in [0.25, 0.3) is 0 Å². The Labute approximate surface area is 155 Å². The number of aryl methyl sites for hydroxylation is 1. The Morgan fingerprint density at radius 1 is 1.00 bits per heavy atom. The van der Waals surface area contributed by atoms with Crippen LogP contribution >= 0.6 is 0 Å². The lowest BCUT2D eigenvalue weighted by Crippen LogP contribution is -2.37. The van der Waals surface area contributed by atoms with E-state index in [-0.39, 0.29) is 18.0 Å². The average Bonchev–Trinajstić information content (AvgIpc) is 2.65. The minimum absolute atomic E-state index is 0.205. The van der Waals surface area contributed by atoms with Crippen LogP contribution in [0.3, 0.4) is 0 Å². The van der Waals surface area contributed by atoms with Crippen LogP contribution in [-0.2, 0) is 16.4 Å². The topological polar surface area (TPSA) is 81.9 Å². The monoisotopic (exact) mass is 378 g/mol. The van der Waals surface area contributed by atoms with Crippen molar-refractivity contribution in [3.8, 4) is 11.5 Å². The molecule has 0 spiro atoms. The second-order valence-electron chi connectivity index (χ2n) is 5.90. The fraction of sp³-hybridized carbons (Fsp3) is 0.368. The molecule has 0 fully saturated rings. The minimum Gasteiger partial charge on any atom is -0.493 e. The Balaban J connectivity index is 2.34. The first-order chi connectivity index (χ1) is 12.4. The summed E-state index contributed by atoms with van der Waals surface area (Å²) in [6, 6.07) is 13.0. The molecule has 0 unspecified atom stereocenters. The highest BCUT2D eigenvalue weighted by Gasteiger charge is 2.27. The smallest absolute Gasteiger partial charge is 0.243 e. The highest BCUT2D eigenvalue weighted by Crippen LogP contribution is 2.33. The van der Waals surface area contributed by atoms with Crippen molar-refractivity contribution in [3.63, 3.8) is 0 Å². The van der Waals surface area contributed by atoms with Crippen LogP contribution in [0.1, 0.15) is 11.1 Å². The molecule has 2 aromatic carbocycles. The Hall–Kier alpha value is -2.09. The molecule has 0 aromatic heterocycles. The molecule has 0 heterocycles. The van der Waals surface area contributed by atoms with E-state index in [2.05, 4.69) is 0 Å². The third-order valence-electron chi connectivity index (χ3n) is 4.17. The zero-order valence-electron chi connectivity index (χ0n) is 15.4. The van der Waals surface area contributed by atoms with Crippen molar-refractivity contribution in [2.45, 2.75) is 18.2 Å². The molecule has 142 valence electrons. The highest BCUT2D eigenvalue weighted by atomic mass is 32.2. The molecular weight excluding hydrogens is 352 g/mol. The molecule has 0 atom stereocenters. The van der Waals surface area contributed by atoms with Gasteiger partial charge in [0.05, 0.1) is 19.1 Å². The molecule has 0 saturated heterocycles. The van der Waals surface area contributed by atoms with Crippen LogP contribution in [-0.4, -0.2) is 46.6 Å². The Kier molecular flexibility index (Phi) is 7.02. The van der Waals surface area contributed by atoms with Gasteiger partial charge in [-0.15, -0.1) is 0 Å². The lowest BCUT2D eigenvalue weighted by atomic mass is 10.1. The maximum atomic E-state index is 13.2. The predicted molar refractivity (Wildman–Crippen MR) is 102 cm³/mol. The van der Waals surface area contributed by atoms with Gasteiger partial charge in [-0.25, -0.2) is 8.42 Å². The summed E-state index contributed by atoms with van der Waals surface area (Å²) >= 11 is 0. The number of hydrogen-bond donors (Lipinski definition) is 1. The molecule has 26 heavy (non-hydrogen) atoms. The van der Waals surface area contributed by atoms with Crippen molar-refractivity contribution in [3.05, 3.63) is 53.6 Å². The molecule has 2 rings (SSSR count). The quantitative estimate of drug-likeness (QED) is 0.723. The SMILES string of the molecule is COc1cc(C)c(S(=O)(=O)N(CCN)CCc2ccccc2)cc1OC. The van der Waals surface area contributed by atoms with E-state index in [1.54, 1.807) is 13.0 Å². The van der Waals surface area contributed by atoms with E-state index in [0.29, 0.717) is 30.0 Å². The van der Waals surface area contributed by atoms with Crippen LogP contribution in [0.15, 0.2) is 47.4 Å². The third-order valence-corrected chi connectivity index (χ3v) is 6.21. The standard InChI is InChI=1S/C19H26N2O4S/c1-15-13-17(24-2)18(25-3)14-19(15)26(22,23)21(12-10-20)11-9-16-7-5-4-6-8-16/h4-8,13-14H,9-12,20H2,1-3H3. The van der Waals surface area contributed by atoms with Crippen LogP contribution in [0, 0.1) is 6.92 Å². The normalized spacial score (nSPS) is 11.6. The summed E-state index contributed by atoms with van der Waals surface area (Å²) in [6.07, 6.45) is 0.617. The fourth-order valence-electron chi connectivity index (χ4n) is 2.77.